The summed E-state index contributed by atoms with van der Waals surface area (Å²) in [7, 11) is 0. The zero-order valence-corrected chi connectivity index (χ0v) is 11.3. The second-order valence-electron chi connectivity index (χ2n) is 4.32. The third-order valence-electron chi connectivity index (χ3n) is 2.37. The summed E-state index contributed by atoms with van der Waals surface area (Å²) in [5.41, 5.74) is 5.71. The normalized spacial score (nSPS) is 11.0. The molecule has 0 saturated heterocycles. The number of nitrogens with two attached hydrogens (primary N) is 1. The number of benzene rings is 1. The van der Waals surface area contributed by atoms with Gasteiger partial charge in [0.2, 0.25) is 0 Å². The molecule has 0 bridgehead atoms. The average molecular weight is 281 g/mol. The predicted molar refractivity (Wildman–Crippen MR) is 71.0 cm³/mol. The lowest BCUT2D eigenvalue weighted by molar-refractivity contribution is 0.506. The van der Waals surface area contributed by atoms with Crippen molar-refractivity contribution in [3.8, 4) is 0 Å². The summed E-state index contributed by atoms with van der Waals surface area (Å²) in [5.74, 6) is -0.604. The second-order valence-corrected chi connectivity index (χ2v) is 5.42. The molecule has 19 heavy (non-hydrogen) atoms. The van der Waals surface area contributed by atoms with E-state index in [4.69, 9.17) is 5.73 Å². The highest BCUT2D eigenvalue weighted by atomic mass is 32.2. The molecule has 0 spiro atoms. The lowest BCUT2D eigenvalue weighted by Gasteiger charge is -2.08. The van der Waals surface area contributed by atoms with Gasteiger partial charge in [-0.25, -0.2) is 18.7 Å². The molecule has 1 heterocycles. The van der Waals surface area contributed by atoms with Crippen LogP contribution < -0.4 is 5.73 Å². The molecule has 0 radical (unpaired) electrons. The first-order chi connectivity index (χ1) is 8.95. The first-order valence-corrected chi connectivity index (χ1v) is 6.54. The maximum absolute atomic E-state index is 13.1. The van der Waals surface area contributed by atoms with E-state index >= 15 is 0 Å². The van der Waals surface area contributed by atoms with E-state index < -0.39 is 11.6 Å². The molecule has 2 N–H and O–H groups in total. The van der Waals surface area contributed by atoms with E-state index in [0.29, 0.717) is 21.6 Å². The summed E-state index contributed by atoms with van der Waals surface area (Å²) in [6, 6.07) is 5.33. The van der Waals surface area contributed by atoms with Gasteiger partial charge in [0, 0.05) is 16.9 Å². The minimum atomic E-state index is -0.879. The topological polar surface area (TPSA) is 51.8 Å². The van der Waals surface area contributed by atoms with Crippen molar-refractivity contribution in [1.82, 2.24) is 9.97 Å². The van der Waals surface area contributed by atoms with E-state index in [1.54, 1.807) is 6.07 Å². The van der Waals surface area contributed by atoms with Gasteiger partial charge in [-0.15, -0.1) is 0 Å². The highest BCUT2D eigenvalue weighted by molar-refractivity contribution is 7.99. The van der Waals surface area contributed by atoms with Crippen molar-refractivity contribution in [1.29, 1.82) is 0 Å². The Bertz CT molecular complexity index is 602. The summed E-state index contributed by atoms with van der Waals surface area (Å²) < 4.78 is 26.0. The first-order valence-electron chi connectivity index (χ1n) is 5.73. The van der Waals surface area contributed by atoms with Gasteiger partial charge in [0.25, 0.3) is 0 Å². The Hall–Kier alpha value is -1.69. The molecule has 0 unspecified atom stereocenters. The van der Waals surface area contributed by atoms with Crippen LogP contribution in [-0.4, -0.2) is 9.97 Å². The van der Waals surface area contributed by atoms with Crippen LogP contribution in [0.4, 0.5) is 14.6 Å². The standard InChI is InChI=1S/C13H13F2N3S/c1-7(2)13-17-11(16)6-12(18-13)19-8-3-4-9(14)10(15)5-8/h3-7H,1-2H3,(H2,16,17,18). The molecular formula is C13H13F2N3S. The van der Waals surface area contributed by atoms with E-state index in [0.717, 1.165) is 12.1 Å². The van der Waals surface area contributed by atoms with Gasteiger partial charge in [-0.2, -0.15) is 0 Å². The molecule has 3 nitrogen and oxygen atoms in total. The molecule has 0 fully saturated rings. The molecule has 0 saturated carbocycles. The molecule has 1 aromatic carbocycles. The quantitative estimate of drug-likeness (QED) is 0.873. The van der Waals surface area contributed by atoms with E-state index in [1.807, 2.05) is 13.8 Å². The molecule has 0 aliphatic rings. The summed E-state index contributed by atoms with van der Waals surface area (Å²) in [6.07, 6.45) is 0. The highest BCUT2D eigenvalue weighted by Gasteiger charge is 2.09. The molecular weight excluding hydrogens is 268 g/mol. The molecule has 0 aliphatic heterocycles. The zero-order chi connectivity index (χ0) is 14.0. The van der Waals surface area contributed by atoms with Crippen molar-refractivity contribution in [2.45, 2.75) is 29.7 Å². The van der Waals surface area contributed by atoms with Gasteiger partial charge in [0.1, 0.15) is 16.7 Å². The Morgan fingerprint density at radius 3 is 2.47 bits per heavy atom. The van der Waals surface area contributed by atoms with E-state index in [1.165, 1.54) is 17.8 Å². The lowest BCUT2D eigenvalue weighted by Crippen LogP contribution is -2.02. The van der Waals surface area contributed by atoms with E-state index in [2.05, 4.69) is 9.97 Å². The van der Waals surface area contributed by atoms with Crippen molar-refractivity contribution in [2.75, 3.05) is 5.73 Å². The fourth-order valence-electron chi connectivity index (χ4n) is 1.43. The fraction of sp³-hybridized carbons (Fsp3) is 0.231. The van der Waals surface area contributed by atoms with Crippen molar-refractivity contribution < 1.29 is 8.78 Å². The smallest absolute Gasteiger partial charge is 0.159 e. The number of hydrogen-bond donors (Lipinski definition) is 1. The zero-order valence-electron chi connectivity index (χ0n) is 10.5. The molecule has 2 rings (SSSR count). The van der Waals surface area contributed by atoms with Crippen LogP contribution in [0.5, 0.6) is 0 Å². The van der Waals surface area contributed by atoms with Gasteiger partial charge in [0.15, 0.2) is 11.6 Å². The van der Waals surface area contributed by atoms with Gasteiger partial charge in [0.05, 0.1) is 0 Å². The van der Waals surface area contributed by atoms with E-state index in [-0.39, 0.29) is 5.92 Å². The number of rotatable bonds is 3. The van der Waals surface area contributed by atoms with E-state index in [9.17, 15) is 8.78 Å². The molecule has 0 amide bonds. The minimum absolute atomic E-state index is 0.146. The van der Waals surface area contributed by atoms with Crippen LogP contribution in [0, 0.1) is 11.6 Å². The number of hydrogen-bond acceptors (Lipinski definition) is 4. The Labute approximate surface area is 114 Å². The third kappa shape index (κ3) is 3.41. The average Bonchev–Trinajstić information content (AvgIpc) is 2.33. The summed E-state index contributed by atoms with van der Waals surface area (Å²) in [4.78, 5) is 9.02. The fourth-order valence-corrected chi connectivity index (χ4v) is 2.29. The number of nitrogen functional groups attached to an aromatic ring is 1. The van der Waals surface area contributed by atoms with Gasteiger partial charge in [-0.3, -0.25) is 0 Å². The summed E-state index contributed by atoms with van der Waals surface area (Å²) in [6.45, 7) is 3.92. The van der Waals surface area contributed by atoms with Crippen LogP contribution in [0.3, 0.4) is 0 Å². The molecule has 0 atom stereocenters. The highest BCUT2D eigenvalue weighted by Crippen LogP contribution is 2.29. The van der Waals surface area contributed by atoms with Gasteiger partial charge >= 0.3 is 0 Å². The maximum Gasteiger partial charge on any atom is 0.159 e. The third-order valence-corrected chi connectivity index (χ3v) is 3.28. The summed E-state index contributed by atoms with van der Waals surface area (Å²) >= 11 is 1.22. The Morgan fingerprint density at radius 2 is 1.84 bits per heavy atom. The first kappa shape index (κ1) is 13.7. The second kappa shape index (κ2) is 5.52. The van der Waals surface area contributed by atoms with Crippen LogP contribution in [0.15, 0.2) is 34.2 Å². The molecule has 1 aromatic heterocycles. The Kier molecular flexibility index (Phi) is 3.99. The minimum Gasteiger partial charge on any atom is -0.384 e. The Balaban J connectivity index is 2.29. The largest absolute Gasteiger partial charge is 0.384 e. The van der Waals surface area contributed by atoms with Crippen LogP contribution in [0.2, 0.25) is 0 Å². The molecule has 100 valence electrons. The molecule has 0 aliphatic carbocycles. The number of aromatic nitrogens is 2. The van der Waals surface area contributed by atoms with Gasteiger partial charge in [-0.1, -0.05) is 25.6 Å². The van der Waals surface area contributed by atoms with Gasteiger partial charge in [-0.05, 0) is 18.2 Å². The summed E-state index contributed by atoms with van der Waals surface area (Å²) in [5, 5.41) is 0.613. The monoisotopic (exact) mass is 281 g/mol. The Morgan fingerprint density at radius 1 is 1.11 bits per heavy atom. The molecule has 2 aromatic rings. The maximum atomic E-state index is 13.1. The van der Waals surface area contributed by atoms with Crippen LogP contribution in [0.1, 0.15) is 25.6 Å². The van der Waals surface area contributed by atoms with Crippen molar-refractivity contribution in [2.24, 2.45) is 0 Å². The number of nitrogens with zero attached hydrogens (tertiary/aromatic N) is 2. The van der Waals surface area contributed by atoms with Crippen molar-refractivity contribution in [3.63, 3.8) is 0 Å². The van der Waals surface area contributed by atoms with Crippen LogP contribution in [-0.2, 0) is 0 Å². The van der Waals surface area contributed by atoms with Gasteiger partial charge < -0.3 is 5.73 Å². The van der Waals surface area contributed by atoms with Crippen LogP contribution in [0.25, 0.3) is 0 Å². The lowest BCUT2D eigenvalue weighted by atomic mass is 10.2. The molecule has 6 heteroatoms. The van der Waals surface area contributed by atoms with Crippen molar-refractivity contribution in [3.05, 3.63) is 41.7 Å². The number of halogens is 2. The van der Waals surface area contributed by atoms with Crippen molar-refractivity contribution >= 4 is 17.6 Å². The number of anilines is 1. The predicted octanol–water partition coefficient (Wildman–Crippen LogP) is 3.61. The SMILES string of the molecule is CC(C)c1nc(N)cc(Sc2ccc(F)c(F)c2)n1. The van der Waals surface area contributed by atoms with Crippen LogP contribution >= 0.6 is 11.8 Å².